The van der Waals surface area contributed by atoms with Crippen molar-refractivity contribution in [1.29, 1.82) is 0 Å². The normalized spacial score (nSPS) is 14.1. The molecular weight excluding hydrogens is 602 g/mol. The molecular formula is C34H43N7O6. The van der Waals surface area contributed by atoms with Crippen molar-refractivity contribution in [1.82, 2.24) is 34.1 Å². The second kappa shape index (κ2) is 17.5. The number of methoxy groups -OCH3 is 1. The molecule has 250 valence electrons. The number of aryl methyl sites for hydroxylation is 2. The summed E-state index contributed by atoms with van der Waals surface area (Å²) in [5, 5.41) is 11.4. The number of benzene rings is 1. The Kier molecular flexibility index (Phi) is 12.9. The average Bonchev–Trinajstić information content (AvgIpc) is 3.71. The second-order valence-corrected chi connectivity index (χ2v) is 11.0. The highest BCUT2D eigenvalue weighted by molar-refractivity contribution is 5.92. The molecule has 0 aliphatic carbocycles. The Morgan fingerprint density at radius 2 is 1.79 bits per heavy atom. The van der Waals surface area contributed by atoms with Crippen molar-refractivity contribution in [2.75, 3.05) is 39.9 Å². The molecule has 1 aromatic carbocycles. The molecule has 0 unspecified atom stereocenters. The maximum Gasteiger partial charge on any atom is 0.290 e. The standard InChI is InChI=1S/C33H41N7O4.CH2O2/c1-4-40-28(21-25(2)36-40)33(42)39-15-6-5-14-37(31(41)22-26-9-7-12-34-24-26)16-8-20-44-30-23-27(10-11-29(30)43-3)32-35-13-17-38(32)18-19-39;2-1-3/h7,9-13,17,21,23-24H,4-6,8,14-16,18-20,22H2,1-3H3;1H,(H,2,3). The summed E-state index contributed by atoms with van der Waals surface area (Å²) in [5.41, 5.74) is 3.18. The zero-order chi connectivity index (χ0) is 33.6. The fourth-order valence-electron chi connectivity index (χ4n) is 5.54. The van der Waals surface area contributed by atoms with Crippen LogP contribution in [0.2, 0.25) is 0 Å². The van der Waals surface area contributed by atoms with Crippen LogP contribution >= 0.6 is 0 Å². The van der Waals surface area contributed by atoms with E-state index in [-0.39, 0.29) is 18.3 Å². The number of aromatic nitrogens is 5. The van der Waals surface area contributed by atoms with E-state index in [2.05, 4.69) is 19.6 Å². The minimum atomic E-state index is -0.250. The van der Waals surface area contributed by atoms with Gasteiger partial charge in [-0.25, -0.2) is 4.98 Å². The van der Waals surface area contributed by atoms with E-state index in [1.54, 1.807) is 30.4 Å². The lowest BCUT2D eigenvalue weighted by Gasteiger charge is -2.25. The molecule has 4 aromatic rings. The number of rotatable bonds is 5. The number of amides is 2. The van der Waals surface area contributed by atoms with Gasteiger partial charge in [0.15, 0.2) is 11.5 Å². The van der Waals surface area contributed by atoms with Crippen LogP contribution in [-0.2, 0) is 29.1 Å². The molecule has 2 amide bonds. The molecule has 4 heterocycles. The van der Waals surface area contributed by atoms with Gasteiger partial charge in [0.1, 0.15) is 11.5 Å². The van der Waals surface area contributed by atoms with Crippen molar-refractivity contribution in [3.63, 3.8) is 0 Å². The van der Waals surface area contributed by atoms with Crippen molar-refractivity contribution in [3.8, 4) is 22.9 Å². The van der Waals surface area contributed by atoms with Crippen LogP contribution in [0.4, 0.5) is 0 Å². The van der Waals surface area contributed by atoms with Gasteiger partial charge >= 0.3 is 0 Å². The second-order valence-electron chi connectivity index (χ2n) is 11.0. The molecule has 5 rings (SSSR count). The van der Waals surface area contributed by atoms with Gasteiger partial charge in [-0.05, 0) is 69.0 Å². The summed E-state index contributed by atoms with van der Waals surface area (Å²) in [6.07, 6.45) is 9.62. The fraction of sp³-hybridized carbons (Fsp3) is 0.412. The molecule has 1 aliphatic rings. The molecule has 13 heteroatoms. The smallest absolute Gasteiger partial charge is 0.290 e. The largest absolute Gasteiger partial charge is 0.493 e. The summed E-state index contributed by atoms with van der Waals surface area (Å²) >= 11 is 0. The van der Waals surface area contributed by atoms with Gasteiger partial charge < -0.3 is 28.9 Å². The molecule has 1 aliphatic heterocycles. The first-order chi connectivity index (χ1) is 22.9. The van der Waals surface area contributed by atoms with Crippen LogP contribution in [0.5, 0.6) is 11.5 Å². The predicted molar refractivity (Wildman–Crippen MR) is 175 cm³/mol. The Morgan fingerprint density at radius 1 is 1.02 bits per heavy atom. The van der Waals surface area contributed by atoms with E-state index in [1.807, 2.05) is 66.2 Å². The first-order valence-corrected chi connectivity index (χ1v) is 15.8. The number of hydrogen-bond acceptors (Lipinski definition) is 8. The van der Waals surface area contributed by atoms with Crippen LogP contribution in [0, 0.1) is 6.92 Å². The van der Waals surface area contributed by atoms with E-state index in [0.717, 1.165) is 35.5 Å². The highest BCUT2D eigenvalue weighted by atomic mass is 16.5. The molecule has 0 spiro atoms. The van der Waals surface area contributed by atoms with E-state index in [0.29, 0.717) is 75.9 Å². The van der Waals surface area contributed by atoms with Crippen LogP contribution in [0.15, 0.2) is 61.2 Å². The summed E-state index contributed by atoms with van der Waals surface area (Å²) in [5.74, 6) is 2.05. The first-order valence-electron chi connectivity index (χ1n) is 15.8. The molecule has 0 saturated heterocycles. The van der Waals surface area contributed by atoms with Crippen LogP contribution in [0.25, 0.3) is 11.4 Å². The molecule has 3 aromatic heterocycles. The van der Waals surface area contributed by atoms with Crippen molar-refractivity contribution in [3.05, 3.63) is 78.1 Å². The molecule has 0 fully saturated rings. The molecule has 0 atom stereocenters. The number of fused-ring (bicyclic) bond motifs is 4. The van der Waals surface area contributed by atoms with E-state index in [4.69, 9.17) is 19.4 Å². The van der Waals surface area contributed by atoms with Gasteiger partial charge in [-0.3, -0.25) is 24.0 Å². The number of pyridine rings is 1. The minimum absolute atomic E-state index is 0.0447. The SMILES string of the molecule is CCn1nc(C)cc1C(=O)N1CCCCN(C(=O)Cc2cccnc2)CCCOc2cc(ccc2OC)-c2nccn2CC1.O=CO. The average molecular weight is 646 g/mol. The molecule has 13 nitrogen and oxygen atoms in total. The highest BCUT2D eigenvalue weighted by Gasteiger charge is 2.22. The van der Waals surface area contributed by atoms with Crippen LogP contribution in [0.1, 0.15) is 47.9 Å². The van der Waals surface area contributed by atoms with Crippen molar-refractivity contribution < 1.29 is 29.0 Å². The number of imidazole rings is 1. The van der Waals surface area contributed by atoms with Crippen LogP contribution in [-0.4, -0.2) is 97.4 Å². The Bertz CT molecular complexity index is 1600. The molecule has 47 heavy (non-hydrogen) atoms. The van der Waals surface area contributed by atoms with Crippen molar-refractivity contribution in [2.24, 2.45) is 0 Å². The van der Waals surface area contributed by atoms with E-state index < -0.39 is 0 Å². The monoisotopic (exact) mass is 645 g/mol. The minimum Gasteiger partial charge on any atom is -0.493 e. The number of carbonyl (C=O) groups is 3. The number of nitrogens with zero attached hydrogens (tertiary/aromatic N) is 7. The summed E-state index contributed by atoms with van der Waals surface area (Å²) in [6, 6.07) is 11.4. The topological polar surface area (TPSA) is 145 Å². The van der Waals surface area contributed by atoms with Gasteiger partial charge in [-0.2, -0.15) is 5.10 Å². The number of carbonyl (C=O) groups excluding carboxylic acids is 2. The number of ether oxygens (including phenoxy) is 2. The molecule has 2 bridgehead atoms. The van der Waals surface area contributed by atoms with Gasteiger partial charge in [-0.15, -0.1) is 0 Å². The lowest BCUT2D eigenvalue weighted by Crippen LogP contribution is -2.37. The third kappa shape index (κ3) is 9.41. The lowest BCUT2D eigenvalue weighted by molar-refractivity contribution is -0.130. The van der Waals surface area contributed by atoms with Crippen molar-refractivity contribution in [2.45, 2.75) is 52.6 Å². The zero-order valence-electron chi connectivity index (χ0n) is 27.2. The summed E-state index contributed by atoms with van der Waals surface area (Å²) in [4.78, 5) is 48.2. The molecule has 0 radical (unpaired) electrons. The van der Waals surface area contributed by atoms with Crippen LogP contribution < -0.4 is 9.47 Å². The number of hydrogen-bond donors (Lipinski definition) is 1. The summed E-state index contributed by atoms with van der Waals surface area (Å²) in [7, 11) is 1.62. The van der Waals surface area contributed by atoms with Gasteiger partial charge in [0.25, 0.3) is 12.4 Å². The first kappa shape index (κ1) is 34.7. The van der Waals surface area contributed by atoms with E-state index in [1.165, 1.54) is 0 Å². The number of carboxylic acid groups (broad SMARTS) is 1. The third-order valence-electron chi connectivity index (χ3n) is 7.82. The summed E-state index contributed by atoms with van der Waals surface area (Å²) < 4.78 is 15.6. The van der Waals surface area contributed by atoms with Crippen molar-refractivity contribution >= 4 is 18.3 Å². The zero-order valence-corrected chi connectivity index (χ0v) is 27.2. The van der Waals surface area contributed by atoms with E-state index >= 15 is 0 Å². The quantitative estimate of drug-likeness (QED) is 0.319. The Hall–Kier alpha value is -5.20. The Labute approximate surface area is 274 Å². The Morgan fingerprint density at radius 3 is 2.51 bits per heavy atom. The van der Waals surface area contributed by atoms with Gasteiger partial charge in [-0.1, -0.05) is 6.07 Å². The third-order valence-corrected chi connectivity index (χ3v) is 7.82. The molecule has 0 saturated carbocycles. The molecule has 1 N–H and O–H groups in total. The highest BCUT2D eigenvalue weighted by Crippen LogP contribution is 2.32. The van der Waals surface area contributed by atoms with Gasteiger partial charge in [0, 0.05) is 69.6 Å². The van der Waals surface area contributed by atoms with Gasteiger partial charge in [0.2, 0.25) is 5.91 Å². The van der Waals surface area contributed by atoms with Crippen LogP contribution in [0.3, 0.4) is 0 Å². The maximum absolute atomic E-state index is 13.9. The maximum atomic E-state index is 13.9. The summed E-state index contributed by atoms with van der Waals surface area (Å²) in [6.45, 7) is 7.47. The fourth-order valence-corrected chi connectivity index (χ4v) is 5.54. The Balaban J connectivity index is 0.00000160. The van der Waals surface area contributed by atoms with E-state index in [9.17, 15) is 9.59 Å². The predicted octanol–water partition coefficient (Wildman–Crippen LogP) is 3.96. The lowest BCUT2D eigenvalue weighted by atomic mass is 10.1. The van der Waals surface area contributed by atoms with Gasteiger partial charge in [0.05, 0.1) is 25.8 Å².